The molecule has 0 aromatic carbocycles. The number of hydrogen-bond acceptors (Lipinski definition) is 5. The largest absolute Gasteiger partial charge is 0.493 e. The van der Waals surface area contributed by atoms with Crippen LogP contribution in [-0.2, 0) is 11.3 Å². The normalized spacial score (nSPS) is 18.1. The highest BCUT2D eigenvalue weighted by Crippen LogP contribution is 2.29. The molecule has 2 rings (SSSR count). The molecule has 106 valence electrons. The highest BCUT2D eigenvalue weighted by atomic mass is 16.5. The van der Waals surface area contributed by atoms with Gasteiger partial charge in [0.1, 0.15) is 0 Å². The summed E-state index contributed by atoms with van der Waals surface area (Å²) >= 11 is 0. The molecule has 0 saturated carbocycles. The van der Waals surface area contributed by atoms with Gasteiger partial charge in [-0.1, -0.05) is 0 Å². The molecule has 1 aromatic heterocycles. The van der Waals surface area contributed by atoms with E-state index in [1.165, 1.54) is 0 Å². The second kappa shape index (κ2) is 6.21. The van der Waals surface area contributed by atoms with Crippen molar-refractivity contribution in [1.29, 1.82) is 0 Å². The number of aromatic nitrogens is 1. The molecule has 1 aliphatic rings. The summed E-state index contributed by atoms with van der Waals surface area (Å²) in [7, 11) is 3.27. The lowest BCUT2D eigenvalue weighted by Crippen LogP contribution is -2.46. The standard InChI is InChI=1S/C14H22N2O3/c1-14(5-8-19-9-6-14)16-10-11-13(18-3)12(17-2)4-7-15-11/h4,7,16H,5-6,8-10H2,1-3H3. The summed E-state index contributed by atoms with van der Waals surface area (Å²) in [5.74, 6) is 1.42. The third-order valence-electron chi connectivity index (χ3n) is 3.65. The Labute approximate surface area is 114 Å². The molecule has 0 bridgehead atoms. The average molecular weight is 266 g/mol. The van der Waals surface area contributed by atoms with E-state index in [1.807, 2.05) is 0 Å². The highest BCUT2D eigenvalue weighted by molar-refractivity contribution is 5.42. The van der Waals surface area contributed by atoms with Crippen molar-refractivity contribution < 1.29 is 14.2 Å². The molecule has 0 aliphatic carbocycles. The Morgan fingerprint density at radius 1 is 1.32 bits per heavy atom. The van der Waals surface area contributed by atoms with Crippen LogP contribution in [-0.4, -0.2) is 38.0 Å². The lowest BCUT2D eigenvalue weighted by atomic mass is 9.92. The van der Waals surface area contributed by atoms with Gasteiger partial charge in [0.05, 0.1) is 19.9 Å². The van der Waals surface area contributed by atoms with Crippen LogP contribution in [0.15, 0.2) is 12.3 Å². The Morgan fingerprint density at radius 3 is 2.68 bits per heavy atom. The molecule has 5 nitrogen and oxygen atoms in total. The summed E-state index contributed by atoms with van der Waals surface area (Å²) in [5.41, 5.74) is 0.975. The van der Waals surface area contributed by atoms with Crippen LogP contribution in [0.25, 0.3) is 0 Å². The molecule has 19 heavy (non-hydrogen) atoms. The molecular formula is C14H22N2O3. The van der Waals surface area contributed by atoms with Gasteiger partial charge in [-0.05, 0) is 19.8 Å². The first-order chi connectivity index (χ1) is 9.18. The lowest BCUT2D eigenvalue weighted by Gasteiger charge is -2.34. The van der Waals surface area contributed by atoms with Crippen molar-refractivity contribution in [3.8, 4) is 11.5 Å². The maximum Gasteiger partial charge on any atom is 0.183 e. The fourth-order valence-corrected chi connectivity index (χ4v) is 2.27. The first-order valence-electron chi connectivity index (χ1n) is 6.57. The van der Waals surface area contributed by atoms with E-state index >= 15 is 0 Å². The molecule has 1 aromatic rings. The van der Waals surface area contributed by atoms with E-state index in [0.717, 1.165) is 31.7 Å². The number of hydrogen-bond donors (Lipinski definition) is 1. The molecule has 2 heterocycles. The van der Waals surface area contributed by atoms with Crippen molar-refractivity contribution in [3.63, 3.8) is 0 Å². The van der Waals surface area contributed by atoms with E-state index in [9.17, 15) is 0 Å². The predicted molar refractivity (Wildman–Crippen MR) is 72.6 cm³/mol. The van der Waals surface area contributed by atoms with Gasteiger partial charge in [-0.25, -0.2) is 0 Å². The van der Waals surface area contributed by atoms with Crippen molar-refractivity contribution in [3.05, 3.63) is 18.0 Å². The topological polar surface area (TPSA) is 52.6 Å². The van der Waals surface area contributed by atoms with Gasteiger partial charge in [0.2, 0.25) is 0 Å². The van der Waals surface area contributed by atoms with E-state index < -0.39 is 0 Å². The Hall–Kier alpha value is -1.33. The number of nitrogens with one attached hydrogen (secondary N) is 1. The van der Waals surface area contributed by atoms with Crippen LogP contribution in [0.3, 0.4) is 0 Å². The minimum atomic E-state index is 0.105. The van der Waals surface area contributed by atoms with Crippen LogP contribution >= 0.6 is 0 Å². The Bertz CT molecular complexity index is 417. The first kappa shape index (κ1) is 14.1. The van der Waals surface area contributed by atoms with E-state index in [1.54, 1.807) is 26.5 Å². The summed E-state index contributed by atoms with van der Waals surface area (Å²) < 4.78 is 16.1. The zero-order chi connectivity index (χ0) is 13.7. The average Bonchev–Trinajstić information content (AvgIpc) is 2.45. The van der Waals surface area contributed by atoms with Gasteiger partial charge in [-0.15, -0.1) is 0 Å². The number of rotatable bonds is 5. The second-order valence-corrected chi connectivity index (χ2v) is 5.02. The van der Waals surface area contributed by atoms with Crippen LogP contribution < -0.4 is 14.8 Å². The van der Waals surface area contributed by atoms with Gasteiger partial charge in [-0.3, -0.25) is 4.98 Å². The Balaban J connectivity index is 2.06. The third kappa shape index (κ3) is 3.36. The minimum absolute atomic E-state index is 0.105. The fourth-order valence-electron chi connectivity index (χ4n) is 2.27. The molecule has 1 aliphatic heterocycles. The quantitative estimate of drug-likeness (QED) is 0.880. The van der Waals surface area contributed by atoms with Crippen molar-refractivity contribution >= 4 is 0 Å². The Kier molecular flexibility index (Phi) is 4.61. The van der Waals surface area contributed by atoms with Crippen LogP contribution in [0.4, 0.5) is 0 Å². The summed E-state index contributed by atoms with van der Waals surface area (Å²) in [4.78, 5) is 4.37. The summed E-state index contributed by atoms with van der Waals surface area (Å²) in [5, 5.41) is 3.56. The number of methoxy groups -OCH3 is 2. The molecule has 0 atom stereocenters. The maximum atomic E-state index is 5.40. The molecule has 5 heteroatoms. The van der Waals surface area contributed by atoms with Crippen molar-refractivity contribution in [1.82, 2.24) is 10.3 Å². The number of pyridine rings is 1. The van der Waals surface area contributed by atoms with E-state index in [0.29, 0.717) is 18.0 Å². The third-order valence-corrected chi connectivity index (χ3v) is 3.65. The summed E-state index contributed by atoms with van der Waals surface area (Å²) in [6.45, 7) is 4.51. The van der Waals surface area contributed by atoms with Gasteiger partial charge >= 0.3 is 0 Å². The van der Waals surface area contributed by atoms with Gasteiger partial charge in [0.15, 0.2) is 11.5 Å². The van der Waals surface area contributed by atoms with Gasteiger partial charge in [0, 0.05) is 37.6 Å². The first-order valence-corrected chi connectivity index (χ1v) is 6.57. The summed E-state index contributed by atoms with van der Waals surface area (Å²) in [6, 6.07) is 1.80. The SMILES string of the molecule is COc1ccnc(CNC2(C)CCOCC2)c1OC. The van der Waals surface area contributed by atoms with E-state index in [2.05, 4.69) is 17.2 Å². The van der Waals surface area contributed by atoms with Crippen LogP contribution in [0, 0.1) is 0 Å². The van der Waals surface area contributed by atoms with Crippen LogP contribution in [0.1, 0.15) is 25.5 Å². The van der Waals surface area contributed by atoms with Crippen LogP contribution in [0.5, 0.6) is 11.5 Å². The van der Waals surface area contributed by atoms with Crippen molar-refractivity contribution in [2.75, 3.05) is 27.4 Å². The van der Waals surface area contributed by atoms with Crippen molar-refractivity contribution in [2.24, 2.45) is 0 Å². The van der Waals surface area contributed by atoms with E-state index in [4.69, 9.17) is 14.2 Å². The molecule has 1 N–H and O–H groups in total. The van der Waals surface area contributed by atoms with Crippen molar-refractivity contribution in [2.45, 2.75) is 31.8 Å². The Morgan fingerprint density at radius 2 is 2.05 bits per heavy atom. The number of ether oxygens (including phenoxy) is 3. The van der Waals surface area contributed by atoms with Gasteiger partial charge in [0.25, 0.3) is 0 Å². The lowest BCUT2D eigenvalue weighted by molar-refractivity contribution is 0.0444. The van der Waals surface area contributed by atoms with Crippen LogP contribution in [0.2, 0.25) is 0 Å². The van der Waals surface area contributed by atoms with E-state index in [-0.39, 0.29) is 5.54 Å². The molecule has 0 amide bonds. The molecular weight excluding hydrogens is 244 g/mol. The smallest absolute Gasteiger partial charge is 0.183 e. The molecule has 0 radical (unpaired) electrons. The predicted octanol–water partition coefficient (Wildman–Crippen LogP) is 1.76. The summed E-state index contributed by atoms with van der Waals surface area (Å²) in [6.07, 6.45) is 3.77. The molecule has 0 unspecified atom stereocenters. The minimum Gasteiger partial charge on any atom is -0.493 e. The number of nitrogens with zero attached hydrogens (tertiary/aromatic N) is 1. The molecule has 1 fully saturated rings. The van der Waals surface area contributed by atoms with Gasteiger partial charge in [-0.2, -0.15) is 0 Å². The highest BCUT2D eigenvalue weighted by Gasteiger charge is 2.27. The maximum absolute atomic E-state index is 5.40. The monoisotopic (exact) mass is 266 g/mol. The zero-order valence-electron chi connectivity index (χ0n) is 11.9. The molecule has 1 saturated heterocycles. The second-order valence-electron chi connectivity index (χ2n) is 5.02. The van der Waals surface area contributed by atoms with Gasteiger partial charge < -0.3 is 19.5 Å². The molecule has 0 spiro atoms. The fraction of sp³-hybridized carbons (Fsp3) is 0.643. The zero-order valence-corrected chi connectivity index (χ0v) is 11.9.